The van der Waals surface area contributed by atoms with Crippen molar-refractivity contribution in [2.75, 3.05) is 18.2 Å². The molecule has 2 aromatic carbocycles. The first-order valence-electron chi connectivity index (χ1n) is 6.42. The number of rotatable bonds is 3. The van der Waals surface area contributed by atoms with Crippen molar-refractivity contribution in [1.82, 2.24) is 4.98 Å². The number of hydrogen-bond donors (Lipinski definition) is 2. The monoisotopic (exact) mass is 283 g/mol. The maximum absolute atomic E-state index is 13.6. The first-order chi connectivity index (χ1) is 10.2. The molecule has 3 N–H and O–H groups in total. The first kappa shape index (κ1) is 13.2. The molecule has 0 aliphatic carbocycles. The van der Waals surface area contributed by atoms with Gasteiger partial charge in [0.25, 0.3) is 0 Å². The second-order valence-corrected chi connectivity index (χ2v) is 4.60. The summed E-state index contributed by atoms with van der Waals surface area (Å²) in [4.78, 5) is 4.10. The van der Waals surface area contributed by atoms with Crippen LogP contribution in [0.3, 0.4) is 0 Å². The third-order valence-corrected chi connectivity index (χ3v) is 3.27. The number of nitrogens with one attached hydrogen (secondary N) is 1. The van der Waals surface area contributed by atoms with Crippen LogP contribution in [0.2, 0.25) is 0 Å². The lowest BCUT2D eigenvalue weighted by Crippen LogP contribution is -1.99. The number of hydrogen-bond acceptors (Lipinski definition) is 4. The molecule has 21 heavy (non-hydrogen) atoms. The average Bonchev–Trinajstić information content (AvgIpc) is 2.50. The van der Waals surface area contributed by atoms with Gasteiger partial charge < -0.3 is 15.8 Å². The molecule has 0 radical (unpaired) electrons. The molecule has 0 bridgehead atoms. The largest absolute Gasteiger partial charge is 0.494 e. The predicted molar refractivity (Wildman–Crippen MR) is 82.4 cm³/mol. The van der Waals surface area contributed by atoms with Crippen molar-refractivity contribution in [3.63, 3.8) is 0 Å². The summed E-state index contributed by atoms with van der Waals surface area (Å²) < 4.78 is 18.6. The Bertz CT molecular complexity index is 799. The lowest BCUT2D eigenvalue weighted by molar-refractivity contribution is 0.387. The molecule has 0 unspecified atom stereocenters. The second kappa shape index (κ2) is 5.28. The van der Waals surface area contributed by atoms with Gasteiger partial charge in [0.1, 0.15) is 0 Å². The van der Waals surface area contributed by atoms with E-state index in [1.54, 1.807) is 18.5 Å². The van der Waals surface area contributed by atoms with E-state index in [1.165, 1.54) is 13.2 Å². The fraction of sp³-hybridized carbons (Fsp3) is 0.0625. The van der Waals surface area contributed by atoms with Gasteiger partial charge in [-0.2, -0.15) is 0 Å². The zero-order chi connectivity index (χ0) is 14.8. The number of benzene rings is 2. The topological polar surface area (TPSA) is 60.2 Å². The zero-order valence-electron chi connectivity index (χ0n) is 11.4. The van der Waals surface area contributed by atoms with E-state index in [0.29, 0.717) is 11.4 Å². The number of anilines is 3. The predicted octanol–water partition coefficient (Wildman–Crippen LogP) is 3.71. The van der Waals surface area contributed by atoms with Crippen LogP contribution in [0, 0.1) is 5.82 Å². The maximum Gasteiger partial charge on any atom is 0.167 e. The highest BCUT2D eigenvalue weighted by molar-refractivity contribution is 5.95. The van der Waals surface area contributed by atoms with E-state index in [2.05, 4.69) is 10.3 Å². The number of nitrogens with zero attached hydrogens (tertiary/aromatic N) is 1. The molecule has 0 spiro atoms. The van der Waals surface area contributed by atoms with Crippen molar-refractivity contribution < 1.29 is 9.13 Å². The molecule has 4 nitrogen and oxygen atoms in total. The summed E-state index contributed by atoms with van der Waals surface area (Å²) in [6.45, 7) is 0. The third kappa shape index (κ3) is 2.45. The summed E-state index contributed by atoms with van der Waals surface area (Å²) in [6, 6.07) is 10.5. The van der Waals surface area contributed by atoms with Gasteiger partial charge in [-0.1, -0.05) is 12.1 Å². The molecule has 106 valence electrons. The minimum atomic E-state index is -0.484. The van der Waals surface area contributed by atoms with E-state index in [-0.39, 0.29) is 5.75 Å². The molecule has 0 aliphatic heterocycles. The van der Waals surface area contributed by atoms with E-state index < -0.39 is 5.82 Å². The molecule has 0 aliphatic rings. The van der Waals surface area contributed by atoms with Gasteiger partial charge in [0.05, 0.1) is 18.5 Å². The molecule has 0 fully saturated rings. The Balaban J connectivity index is 2.07. The summed E-state index contributed by atoms with van der Waals surface area (Å²) in [6.07, 6.45) is 3.51. The first-order valence-corrected chi connectivity index (χ1v) is 6.42. The lowest BCUT2D eigenvalue weighted by Gasteiger charge is -2.13. The zero-order valence-corrected chi connectivity index (χ0v) is 11.4. The van der Waals surface area contributed by atoms with Crippen molar-refractivity contribution in [1.29, 1.82) is 0 Å². The Hall–Kier alpha value is -2.82. The van der Waals surface area contributed by atoms with Crippen LogP contribution in [0.5, 0.6) is 5.75 Å². The van der Waals surface area contributed by atoms with Gasteiger partial charge in [-0.05, 0) is 12.1 Å². The van der Waals surface area contributed by atoms with Crippen molar-refractivity contribution >= 4 is 27.8 Å². The number of pyridine rings is 1. The average molecular weight is 283 g/mol. The van der Waals surface area contributed by atoms with E-state index in [9.17, 15) is 4.39 Å². The summed E-state index contributed by atoms with van der Waals surface area (Å²) in [5.74, 6) is -0.337. The number of nitrogen functional groups attached to an aromatic ring is 1. The van der Waals surface area contributed by atoms with Crippen LogP contribution < -0.4 is 15.8 Å². The normalized spacial score (nSPS) is 10.6. The summed E-state index contributed by atoms with van der Waals surface area (Å²) in [7, 11) is 1.42. The van der Waals surface area contributed by atoms with Gasteiger partial charge in [-0.15, -0.1) is 0 Å². The minimum Gasteiger partial charge on any atom is -0.494 e. The second-order valence-electron chi connectivity index (χ2n) is 4.60. The van der Waals surface area contributed by atoms with Gasteiger partial charge >= 0.3 is 0 Å². The van der Waals surface area contributed by atoms with Crippen LogP contribution in [0.15, 0.2) is 48.8 Å². The van der Waals surface area contributed by atoms with Gasteiger partial charge in [-0.25, -0.2) is 4.39 Å². The van der Waals surface area contributed by atoms with Gasteiger partial charge in [-0.3, -0.25) is 4.98 Å². The molecule has 3 rings (SSSR count). The molecule has 5 heteroatoms. The maximum atomic E-state index is 13.6. The Kier molecular flexibility index (Phi) is 3.31. The molecule has 0 atom stereocenters. The molecule has 0 saturated carbocycles. The minimum absolute atomic E-state index is 0.147. The van der Waals surface area contributed by atoms with Gasteiger partial charge in [0.15, 0.2) is 11.6 Å². The Morgan fingerprint density at radius 1 is 1.19 bits per heavy atom. The molecular formula is C16H14FN3O. The number of ether oxygens (including phenoxy) is 1. The summed E-state index contributed by atoms with van der Waals surface area (Å²) >= 11 is 0. The fourth-order valence-corrected chi connectivity index (χ4v) is 2.21. The van der Waals surface area contributed by atoms with Crippen LogP contribution in [-0.2, 0) is 0 Å². The van der Waals surface area contributed by atoms with Crippen molar-refractivity contribution in [3.05, 3.63) is 54.6 Å². The molecule has 1 aromatic heterocycles. The number of nitrogens with two attached hydrogens (primary N) is 1. The van der Waals surface area contributed by atoms with Crippen molar-refractivity contribution in [3.8, 4) is 5.75 Å². The van der Waals surface area contributed by atoms with Crippen LogP contribution in [0.4, 0.5) is 21.5 Å². The Labute approximate surface area is 121 Å². The van der Waals surface area contributed by atoms with Crippen LogP contribution >= 0.6 is 0 Å². The van der Waals surface area contributed by atoms with Crippen LogP contribution in [0.25, 0.3) is 10.8 Å². The highest BCUT2D eigenvalue weighted by Gasteiger charge is 2.09. The Morgan fingerprint density at radius 3 is 2.86 bits per heavy atom. The van der Waals surface area contributed by atoms with Crippen molar-refractivity contribution in [2.45, 2.75) is 0 Å². The van der Waals surface area contributed by atoms with Crippen LogP contribution in [-0.4, -0.2) is 12.1 Å². The highest BCUT2D eigenvalue weighted by atomic mass is 19.1. The Morgan fingerprint density at radius 2 is 2.05 bits per heavy atom. The van der Waals surface area contributed by atoms with Crippen LogP contribution in [0.1, 0.15) is 0 Å². The van der Waals surface area contributed by atoms with Gasteiger partial charge in [0, 0.05) is 41.0 Å². The number of aromatic nitrogens is 1. The molecule has 3 aromatic rings. The molecule has 0 amide bonds. The number of halogens is 1. The fourth-order valence-electron chi connectivity index (χ4n) is 2.21. The summed E-state index contributed by atoms with van der Waals surface area (Å²) in [5.41, 5.74) is 7.65. The molecule has 1 heterocycles. The van der Waals surface area contributed by atoms with E-state index in [4.69, 9.17) is 10.5 Å². The SMILES string of the molecule is COc1cc(Nc2cccc3cnccc23)c(N)cc1F. The van der Waals surface area contributed by atoms with E-state index in [0.717, 1.165) is 16.5 Å². The molecular weight excluding hydrogens is 269 g/mol. The molecule has 0 saturated heterocycles. The van der Waals surface area contributed by atoms with Crippen molar-refractivity contribution in [2.24, 2.45) is 0 Å². The smallest absolute Gasteiger partial charge is 0.167 e. The standard InChI is InChI=1S/C16H14FN3O/c1-21-16-8-15(13(18)7-12(16)17)20-14-4-2-3-10-9-19-6-5-11(10)14/h2-9,20H,18H2,1H3. The van der Waals surface area contributed by atoms with E-state index in [1.807, 2.05) is 24.3 Å². The number of methoxy groups -OCH3 is 1. The van der Waals surface area contributed by atoms with Gasteiger partial charge in [0.2, 0.25) is 0 Å². The quantitative estimate of drug-likeness (QED) is 0.719. The van der Waals surface area contributed by atoms with E-state index >= 15 is 0 Å². The highest BCUT2D eigenvalue weighted by Crippen LogP contribution is 2.32. The summed E-state index contributed by atoms with van der Waals surface area (Å²) in [5, 5.41) is 5.24. The third-order valence-electron chi connectivity index (χ3n) is 3.27. The lowest BCUT2D eigenvalue weighted by atomic mass is 10.1. The number of fused-ring (bicyclic) bond motifs is 1.